The fourth-order valence-electron chi connectivity index (χ4n) is 2.73. The van der Waals surface area contributed by atoms with Gasteiger partial charge in [0.05, 0.1) is 4.88 Å². The first-order valence-corrected chi connectivity index (χ1v) is 8.61. The number of piperazine rings is 1. The van der Waals surface area contributed by atoms with Crippen molar-refractivity contribution in [1.29, 1.82) is 0 Å². The van der Waals surface area contributed by atoms with Crippen molar-refractivity contribution in [3.05, 3.63) is 52.3 Å². The zero-order valence-corrected chi connectivity index (χ0v) is 13.7. The maximum absolute atomic E-state index is 12.3. The molecule has 1 aliphatic rings. The Balaban J connectivity index is 1.48. The van der Waals surface area contributed by atoms with Crippen molar-refractivity contribution in [1.82, 2.24) is 20.2 Å². The van der Waals surface area contributed by atoms with E-state index in [2.05, 4.69) is 25.1 Å². The van der Waals surface area contributed by atoms with E-state index in [1.165, 1.54) is 11.3 Å². The lowest BCUT2D eigenvalue weighted by Crippen LogP contribution is -2.47. The predicted molar refractivity (Wildman–Crippen MR) is 94.6 cm³/mol. The first-order valence-electron chi connectivity index (χ1n) is 7.73. The van der Waals surface area contributed by atoms with E-state index < -0.39 is 0 Å². The van der Waals surface area contributed by atoms with Crippen molar-refractivity contribution >= 4 is 23.1 Å². The number of anilines is 2. The van der Waals surface area contributed by atoms with E-state index in [1.54, 1.807) is 6.20 Å². The summed E-state index contributed by atoms with van der Waals surface area (Å²) in [4.78, 5) is 24.6. The van der Waals surface area contributed by atoms with Gasteiger partial charge in [0, 0.05) is 32.4 Å². The van der Waals surface area contributed by atoms with Gasteiger partial charge in [-0.25, -0.2) is 4.98 Å². The standard InChI is InChI=1S/C16H16N6OS/c23-15-14(12-4-3-11-24-12)19-20-16(18-15)22-9-7-21(8-10-22)13-5-1-2-6-17-13/h1-6,11H,7-10H2,(H,18,20,23). The molecule has 0 bridgehead atoms. The Morgan fingerprint density at radius 2 is 1.83 bits per heavy atom. The maximum atomic E-state index is 12.3. The highest BCUT2D eigenvalue weighted by Crippen LogP contribution is 2.19. The Morgan fingerprint density at radius 3 is 2.50 bits per heavy atom. The average Bonchev–Trinajstić information content (AvgIpc) is 3.17. The molecule has 0 spiro atoms. The summed E-state index contributed by atoms with van der Waals surface area (Å²) in [7, 11) is 0. The van der Waals surface area contributed by atoms with Gasteiger partial charge in [0.1, 0.15) is 5.82 Å². The van der Waals surface area contributed by atoms with Crippen molar-refractivity contribution in [3.8, 4) is 10.6 Å². The molecule has 3 aromatic rings. The van der Waals surface area contributed by atoms with Gasteiger partial charge in [-0.2, -0.15) is 0 Å². The van der Waals surface area contributed by atoms with Gasteiger partial charge < -0.3 is 9.80 Å². The van der Waals surface area contributed by atoms with Crippen LogP contribution in [-0.4, -0.2) is 46.3 Å². The van der Waals surface area contributed by atoms with Crippen LogP contribution in [0.25, 0.3) is 10.6 Å². The molecule has 8 heteroatoms. The molecule has 7 nitrogen and oxygen atoms in total. The summed E-state index contributed by atoms with van der Waals surface area (Å²) in [5.74, 6) is 1.51. The smallest absolute Gasteiger partial charge is 0.280 e. The molecule has 0 saturated carbocycles. The van der Waals surface area contributed by atoms with E-state index in [0.717, 1.165) is 36.9 Å². The summed E-state index contributed by atoms with van der Waals surface area (Å²) in [6, 6.07) is 9.67. The van der Waals surface area contributed by atoms with E-state index in [4.69, 9.17) is 0 Å². The number of rotatable bonds is 3. The minimum Gasteiger partial charge on any atom is -0.353 e. The molecule has 122 valence electrons. The monoisotopic (exact) mass is 340 g/mol. The Labute approximate surface area is 142 Å². The van der Waals surface area contributed by atoms with Crippen molar-refractivity contribution in [2.24, 2.45) is 0 Å². The van der Waals surface area contributed by atoms with Crippen LogP contribution in [0.15, 0.2) is 46.7 Å². The third kappa shape index (κ3) is 2.88. The van der Waals surface area contributed by atoms with Crippen LogP contribution in [-0.2, 0) is 0 Å². The Bertz CT molecular complexity index is 856. The quantitative estimate of drug-likeness (QED) is 0.780. The topological polar surface area (TPSA) is 78.0 Å². The fourth-order valence-corrected chi connectivity index (χ4v) is 3.44. The second-order valence-electron chi connectivity index (χ2n) is 5.47. The number of hydrogen-bond acceptors (Lipinski definition) is 7. The van der Waals surface area contributed by atoms with E-state index in [1.807, 2.05) is 40.6 Å². The number of thiophene rings is 1. The minimum atomic E-state index is -0.199. The zero-order chi connectivity index (χ0) is 16.4. The molecule has 0 radical (unpaired) electrons. The third-order valence-electron chi connectivity index (χ3n) is 3.99. The van der Waals surface area contributed by atoms with Gasteiger partial charge in [-0.15, -0.1) is 21.5 Å². The molecule has 0 aliphatic carbocycles. The predicted octanol–water partition coefficient (Wildman–Crippen LogP) is 1.61. The number of aromatic amines is 1. The highest BCUT2D eigenvalue weighted by atomic mass is 32.1. The number of hydrogen-bond donors (Lipinski definition) is 1. The molecule has 1 aliphatic heterocycles. The number of nitrogens with zero attached hydrogens (tertiary/aromatic N) is 5. The zero-order valence-electron chi connectivity index (χ0n) is 12.9. The molecular formula is C16H16N6OS. The van der Waals surface area contributed by atoms with E-state index in [9.17, 15) is 4.79 Å². The molecular weight excluding hydrogens is 324 g/mol. The molecule has 0 atom stereocenters. The molecule has 0 amide bonds. The second kappa shape index (κ2) is 6.40. The van der Waals surface area contributed by atoms with E-state index in [-0.39, 0.29) is 5.56 Å². The largest absolute Gasteiger partial charge is 0.353 e. The number of H-pyrrole nitrogens is 1. The Morgan fingerprint density at radius 1 is 1.00 bits per heavy atom. The lowest BCUT2D eigenvalue weighted by atomic mass is 10.3. The van der Waals surface area contributed by atoms with Crippen LogP contribution in [0, 0.1) is 0 Å². The lowest BCUT2D eigenvalue weighted by molar-refractivity contribution is 0.629. The highest BCUT2D eigenvalue weighted by molar-refractivity contribution is 7.13. The summed E-state index contributed by atoms with van der Waals surface area (Å²) in [5.41, 5.74) is 0.176. The molecule has 4 rings (SSSR count). The van der Waals surface area contributed by atoms with Crippen LogP contribution in [0.5, 0.6) is 0 Å². The van der Waals surface area contributed by atoms with Crippen molar-refractivity contribution in [3.63, 3.8) is 0 Å². The normalized spacial score (nSPS) is 14.8. The summed E-state index contributed by atoms with van der Waals surface area (Å²) in [5, 5.41) is 10.2. The molecule has 1 saturated heterocycles. The van der Waals surface area contributed by atoms with Gasteiger partial charge in [0.2, 0.25) is 5.95 Å². The number of pyridine rings is 1. The van der Waals surface area contributed by atoms with Gasteiger partial charge in [-0.3, -0.25) is 9.78 Å². The minimum absolute atomic E-state index is 0.199. The van der Waals surface area contributed by atoms with Gasteiger partial charge in [0.15, 0.2) is 5.69 Å². The highest BCUT2D eigenvalue weighted by Gasteiger charge is 2.20. The van der Waals surface area contributed by atoms with Crippen molar-refractivity contribution in [2.75, 3.05) is 36.0 Å². The first-order chi connectivity index (χ1) is 11.8. The molecule has 0 aromatic carbocycles. The van der Waals surface area contributed by atoms with Crippen molar-refractivity contribution in [2.45, 2.75) is 0 Å². The molecule has 0 unspecified atom stereocenters. The lowest BCUT2D eigenvalue weighted by Gasteiger charge is -2.35. The summed E-state index contributed by atoms with van der Waals surface area (Å²) < 4.78 is 0. The van der Waals surface area contributed by atoms with Crippen LogP contribution in [0.3, 0.4) is 0 Å². The van der Waals surface area contributed by atoms with Crippen LogP contribution in [0.1, 0.15) is 0 Å². The maximum Gasteiger partial charge on any atom is 0.280 e. The van der Waals surface area contributed by atoms with Gasteiger partial charge >= 0.3 is 0 Å². The Kier molecular flexibility index (Phi) is 3.96. The summed E-state index contributed by atoms with van der Waals surface area (Å²) in [6.07, 6.45) is 1.80. The van der Waals surface area contributed by atoms with Gasteiger partial charge in [-0.1, -0.05) is 12.1 Å². The fraction of sp³-hybridized carbons (Fsp3) is 0.250. The van der Waals surface area contributed by atoms with Gasteiger partial charge in [0.25, 0.3) is 5.56 Å². The van der Waals surface area contributed by atoms with E-state index in [0.29, 0.717) is 11.6 Å². The average molecular weight is 340 g/mol. The molecule has 24 heavy (non-hydrogen) atoms. The summed E-state index contributed by atoms with van der Waals surface area (Å²) in [6.45, 7) is 3.18. The van der Waals surface area contributed by atoms with E-state index >= 15 is 0 Å². The SMILES string of the molecule is O=c1[nH]c(N2CCN(c3ccccn3)CC2)nnc1-c1cccs1. The summed E-state index contributed by atoms with van der Waals surface area (Å²) >= 11 is 1.48. The van der Waals surface area contributed by atoms with Crippen LogP contribution < -0.4 is 15.4 Å². The van der Waals surface area contributed by atoms with Gasteiger partial charge in [-0.05, 0) is 23.6 Å². The van der Waals surface area contributed by atoms with Crippen LogP contribution >= 0.6 is 11.3 Å². The van der Waals surface area contributed by atoms with Crippen LogP contribution in [0.4, 0.5) is 11.8 Å². The molecule has 1 fully saturated rings. The third-order valence-corrected chi connectivity index (χ3v) is 4.87. The number of nitrogens with one attached hydrogen (secondary N) is 1. The first kappa shape index (κ1) is 14.8. The molecule has 4 heterocycles. The van der Waals surface area contributed by atoms with Crippen molar-refractivity contribution < 1.29 is 0 Å². The molecule has 3 aromatic heterocycles. The van der Waals surface area contributed by atoms with Crippen LogP contribution in [0.2, 0.25) is 0 Å². The number of aromatic nitrogens is 4. The molecule has 1 N–H and O–H groups in total. The second-order valence-corrected chi connectivity index (χ2v) is 6.41. The Hall–Kier alpha value is -2.74.